The number of carbonyl (C=O) groups excluding carboxylic acids is 1. The van der Waals surface area contributed by atoms with Crippen molar-refractivity contribution in [1.82, 2.24) is 15.0 Å². The van der Waals surface area contributed by atoms with E-state index in [9.17, 15) is 18.7 Å². The molecule has 27 heavy (non-hydrogen) atoms. The Labute approximate surface area is 152 Å². The SMILES string of the molecule is CC(O)c1cccc2c1OC(F)(F)C(=O)N2Cc1ccc2c(c1)nnn2C. The number of aromatic nitrogens is 3. The van der Waals surface area contributed by atoms with Crippen LogP contribution in [0.4, 0.5) is 14.5 Å². The third-order valence-corrected chi connectivity index (χ3v) is 4.51. The minimum Gasteiger partial charge on any atom is -0.423 e. The van der Waals surface area contributed by atoms with E-state index in [1.54, 1.807) is 36.0 Å². The Hall–Kier alpha value is -3.07. The maximum atomic E-state index is 14.2. The van der Waals surface area contributed by atoms with E-state index in [0.29, 0.717) is 11.1 Å². The van der Waals surface area contributed by atoms with E-state index >= 15 is 0 Å². The minimum absolute atomic E-state index is 0.0967. The van der Waals surface area contributed by atoms with Gasteiger partial charge < -0.3 is 9.84 Å². The smallest absolute Gasteiger partial charge is 0.423 e. The van der Waals surface area contributed by atoms with Crippen molar-refractivity contribution >= 4 is 22.6 Å². The lowest BCUT2D eigenvalue weighted by Crippen LogP contribution is -2.50. The van der Waals surface area contributed by atoms with E-state index < -0.39 is 18.1 Å². The van der Waals surface area contributed by atoms with Gasteiger partial charge in [-0.2, -0.15) is 8.78 Å². The summed E-state index contributed by atoms with van der Waals surface area (Å²) in [4.78, 5) is 13.3. The lowest BCUT2D eigenvalue weighted by atomic mass is 10.1. The quantitative estimate of drug-likeness (QED) is 0.762. The van der Waals surface area contributed by atoms with Crippen molar-refractivity contribution in [2.24, 2.45) is 7.05 Å². The Morgan fingerprint density at radius 2 is 2.07 bits per heavy atom. The van der Waals surface area contributed by atoms with E-state index in [4.69, 9.17) is 0 Å². The number of aryl methyl sites for hydroxylation is 1. The molecule has 0 spiro atoms. The maximum Gasteiger partial charge on any atom is 0.483 e. The molecule has 1 amide bonds. The van der Waals surface area contributed by atoms with Gasteiger partial charge in [-0.05, 0) is 30.7 Å². The van der Waals surface area contributed by atoms with Gasteiger partial charge in [-0.1, -0.05) is 23.4 Å². The molecule has 2 heterocycles. The Kier molecular flexibility index (Phi) is 3.84. The van der Waals surface area contributed by atoms with Crippen molar-refractivity contribution in [2.45, 2.75) is 25.7 Å². The molecule has 140 valence electrons. The van der Waals surface area contributed by atoms with Crippen LogP contribution >= 0.6 is 0 Å². The number of anilines is 1. The van der Waals surface area contributed by atoms with Crippen LogP contribution in [-0.2, 0) is 18.4 Å². The number of fused-ring (bicyclic) bond motifs is 2. The molecule has 0 radical (unpaired) electrons. The number of rotatable bonds is 3. The van der Waals surface area contributed by atoms with Crippen LogP contribution in [0.3, 0.4) is 0 Å². The number of halogens is 2. The number of ether oxygens (including phenoxy) is 1. The fourth-order valence-corrected chi connectivity index (χ4v) is 3.16. The fraction of sp³-hybridized carbons (Fsp3) is 0.278. The molecule has 9 heteroatoms. The third kappa shape index (κ3) is 2.80. The summed E-state index contributed by atoms with van der Waals surface area (Å²) in [6.07, 6.45) is -5.05. The predicted octanol–water partition coefficient (Wildman–Crippen LogP) is 2.54. The highest BCUT2D eigenvalue weighted by atomic mass is 19.3. The van der Waals surface area contributed by atoms with Gasteiger partial charge in [0.1, 0.15) is 5.52 Å². The number of hydrogen-bond donors (Lipinski definition) is 1. The summed E-state index contributed by atoms with van der Waals surface area (Å²) in [5.74, 6) is -1.66. The molecule has 3 aromatic rings. The lowest BCUT2D eigenvalue weighted by Gasteiger charge is -2.35. The van der Waals surface area contributed by atoms with Crippen molar-refractivity contribution in [3.8, 4) is 5.75 Å². The second-order valence-electron chi connectivity index (χ2n) is 6.42. The highest BCUT2D eigenvalue weighted by Crippen LogP contribution is 2.44. The van der Waals surface area contributed by atoms with Gasteiger partial charge in [0.2, 0.25) is 0 Å². The van der Waals surface area contributed by atoms with Gasteiger partial charge in [-0.3, -0.25) is 9.69 Å². The van der Waals surface area contributed by atoms with Crippen LogP contribution in [0, 0.1) is 0 Å². The molecule has 1 aromatic heterocycles. The Morgan fingerprint density at radius 3 is 2.81 bits per heavy atom. The van der Waals surface area contributed by atoms with Crippen molar-refractivity contribution in [3.05, 3.63) is 47.5 Å². The summed E-state index contributed by atoms with van der Waals surface area (Å²) in [5, 5.41) is 17.8. The van der Waals surface area contributed by atoms with Crippen LogP contribution in [-0.4, -0.2) is 32.1 Å². The number of nitrogens with zero attached hydrogens (tertiary/aromatic N) is 4. The standard InChI is InChI=1S/C18H16F2N4O3/c1-10(25)12-4-3-5-15-16(12)27-18(19,20)17(26)24(15)9-11-6-7-14-13(8-11)21-22-23(14)2/h3-8,10,25H,9H2,1-2H3. The second kappa shape index (κ2) is 5.98. The molecule has 0 saturated heterocycles. The van der Waals surface area contributed by atoms with Crippen molar-refractivity contribution < 1.29 is 23.4 Å². The molecule has 4 rings (SSSR count). The van der Waals surface area contributed by atoms with Crippen LogP contribution in [0.15, 0.2) is 36.4 Å². The number of para-hydroxylation sites is 1. The van der Waals surface area contributed by atoms with Crippen molar-refractivity contribution in [1.29, 1.82) is 0 Å². The fourth-order valence-electron chi connectivity index (χ4n) is 3.16. The van der Waals surface area contributed by atoms with Gasteiger partial charge in [0, 0.05) is 12.6 Å². The van der Waals surface area contributed by atoms with E-state index in [1.165, 1.54) is 19.1 Å². The summed E-state index contributed by atoms with van der Waals surface area (Å²) >= 11 is 0. The van der Waals surface area contributed by atoms with E-state index in [-0.39, 0.29) is 23.5 Å². The zero-order valence-corrected chi connectivity index (χ0v) is 14.6. The normalized spacial score (nSPS) is 16.9. The molecule has 0 bridgehead atoms. The number of amides is 1. The van der Waals surface area contributed by atoms with Gasteiger partial charge in [-0.15, -0.1) is 5.10 Å². The molecular weight excluding hydrogens is 358 g/mol. The van der Waals surface area contributed by atoms with Gasteiger partial charge in [0.25, 0.3) is 0 Å². The first-order valence-corrected chi connectivity index (χ1v) is 8.26. The molecule has 1 unspecified atom stereocenters. The molecule has 2 aromatic carbocycles. The summed E-state index contributed by atoms with van der Waals surface area (Å²) in [5.41, 5.74) is 2.37. The van der Waals surface area contributed by atoms with E-state index in [0.717, 1.165) is 10.4 Å². The van der Waals surface area contributed by atoms with Crippen LogP contribution in [0.5, 0.6) is 5.75 Å². The predicted molar refractivity (Wildman–Crippen MR) is 92.3 cm³/mol. The minimum atomic E-state index is -4.02. The maximum absolute atomic E-state index is 14.2. The number of alkyl halides is 2. The highest BCUT2D eigenvalue weighted by molar-refractivity contribution is 6.01. The summed E-state index contributed by atoms with van der Waals surface area (Å²) in [6, 6.07) is 9.77. The molecule has 1 aliphatic heterocycles. The zero-order valence-electron chi connectivity index (χ0n) is 14.6. The zero-order chi connectivity index (χ0) is 19.3. The van der Waals surface area contributed by atoms with E-state index in [2.05, 4.69) is 15.0 Å². The highest BCUT2D eigenvalue weighted by Gasteiger charge is 2.51. The van der Waals surface area contributed by atoms with Crippen LogP contribution < -0.4 is 9.64 Å². The number of benzene rings is 2. The Balaban J connectivity index is 1.79. The van der Waals surface area contributed by atoms with Crippen molar-refractivity contribution in [2.75, 3.05) is 4.90 Å². The molecule has 7 nitrogen and oxygen atoms in total. The van der Waals surface area contributed by atoms with Crippen LogP contribution in [0.25, 0.3) is 11.0 Å². The first kappa shape index (κ1) is 17.3. The first-order valence-electron chi connectivity index (χ1n) is 8.26. The van der Waals surface area contributed by atoms with Gasteiger partial charge in [-0.25, -0.2) is 4.68 Å². The molecular formula is C18H16F2N4O3. The molecule has 0 fully saturated rings. The molecule has 1 atom stereocenters. The Morgan fingerprint density at radius 1 is 1.30 bits per heavy atom. The second-order valence-corrected chi connectivity index (χ2v) is 6.42. The lowest BCUT2D eigenvalue weighted by molar-refractivity contribution is -0.193. The largest absolute Gasteiger partial charge is 0.483 e. The average Bonchev–Trinajstić information content (AvgIpc) is 2.98. The molecule has 0 aliphatic carbocycles. The summed E-state index contributed by atoms with van der Waals surface area (Å²) in [7, 11) is 1.74. The third-order valence-electron chi connectivity index (χ3n) is 4.51. The van der Waals surface area contributed by atoms with Gasteiger partial charge in [0.05, 0.1) is 23.9 Å². The topological polar surface area (TPSA) is 80.5 Å². The number of aliphatic hydroxyl groups is 1. The average molecular weight is 374 g/mol. The number of hydrogen-bond acceptors (Lipinski definition) is 5. The monoisotopic (exact) mass is 374 g/mol. The van der Waals surface area contributed by atoms with Gasteiger partial charge >= 0.3 is 12.0 Å². The Bertz CT molecular complexity index is 1050. The summed E-state index contributed by atoms with van der Waals surface area (Å²) < 4.78 is 34.7. The molecule has 0 saturated carbocycles. The number of aliphatic hydroxyl groups excluding tert-OH is 1. The van der Waals surface area contributed by atoms with Crippen LogP contribution in [0.1, 0.15) is 24.2 Å². The molecule has 1 N–H and O–H groups in total. The van der Waals surface area contributed by atoms with Crippen molar-refractivity contribution in [3.63, 3.8) is 0 Å². The first-order chi connectivity index (χ1) is 12.8. The van der Waals surface area contributed by atoms with Gasteiger partial charge in [0.15, 0.2) is 5.75 Å². The van der Waals surface area contributed by atoms with Crippen LogP contribution in [0.2, 0.25) is 0 Å². The molecule has 1 aliphatic rings. The van der Waals surface area contributed by atoms with E-state index in [1.807, 2.05) is 0 Å². The number of carbonyl (C=O) groups is 1. The summed E-state index contributed by atoms with van der Waals surface area (Å²) in [6.45, 7) is 1.35.